The molecule has 0 saturated heterocycles. The van der Waals surface area contributed by atoms with Crippen LogP contribution in [0.5, 0.6) is 5.75 Å². The van der Waals surface area contributed by atoms with E-state index in [4.69, 9.17) is 10.5 Å². The highest BCUT2D eigenvalue weighted by Gasteiger charge is 2.18. The van der Waals surface area contributed by atoms with Crippen LogP contribution in [0.4, 0.5) is 4.39 Å². The average Bonchev–Trinajstić information content (AvgIpc) is 2.46. The zero-order valence-electron chi connectivity index (χ0n) is 13.7. The smallest absolute Gasteiger partial charge is 0.123 e. The van der Waals surface area contributed by atoms with Crippen LogP contribution in [0.15, 0.2) is 30.3 Å². The third-order valence-electron chi connectivity index (χ3n) is 4.21. The molecule has 22 heavy (non-hydrogen) atoms. The van der Waals surface area contributed by atoms with Gasteiger partial charge in [-0.2, -0.15) is 0 Å². The molecule has 118 valence electrons. The highest BCUT2D eigenvalue weighted by Crippen LogP contribution is 2.31. The zero-order chi connectivity index (χ0) is 16.3. The minimum atomic E-state index is -0.258. The molecule has 0 aliphatic heterocycles. The fraction of sp³-hybridized carbons (Fsp3) is 0.368. The molecule has 2 aromatic carbocycles. The molecular weight excluding hydrogens is 277 g/mol. The Morgan fingerprint density at radius 1 is 1.09 bits per heavy atom. The molecule has 0 aliphatic carbocycles. The van der Waals surface area contributed by atoms with Gasteiger partial charge in [-0.25, -0.2) is 4.39 Å². The summed E-state index contributed by atoms with van der Waals surface area (Å²) in [6.45, 7) is 6.78. The standard InChI is InChI=1S/C19H24FNO/c1-12-7-13(2)17(14(3)8-12)9-15(11-21)18-10-16(20)5-6-19(18)22-4/h5-8,10,15H,9,11,21H2,1-4H3. The van der Waals surface area contributed by atoms with E-state index in [0.717, 1.165) is 12.0 Å². The van der Waals surface area contributed by atoms with Gasteiger partial charge in [0.15, 0.2) is 0 Å². The first-order chi connectivity index (χ1) is 10.5. The number of halogens is 1. The third-order valence-corrected chi connectivity index (χ3v) is 4.21. The lowest BCUT2D eigenvalue weighted by Crippen LogP contribution is -2.17. The number of hydrogen-bond donors (Lipinski definition) is 1. The fourth-order valence-electron chi connectivity index (χ4n) is 3.12. The van der Waals surface area contributed by atoms with Crippen LogP contribution in [0.3, 0.4) is 0 Å². The Kier molecular flexibility index (Phi) is 5.19. The lowest BCUT2D eigenvalue weighted by atomic mass is 9.87. The zero-order valence-corrected chi connectivity index (χ0v) is 13.7. The molecule has 1 unspecified atom stereocenters. The van der Waals surface area contributed by atoms with E-state index in [1.54, 1.807) is 13.2 Å². The van der Waals surface area contributed by atoms with Crippen LogP contribution in [-0.2, 0) is 6.42 Å². The van der Waals surface area contributed by atoms with Crippen molar-refractivity contribution in [1.82, 2.24) is 0 Å². The summed E-state index contributed by atoms with van der Waals surface area (Å²) in [4.78, 5) is 0. The minimum absolute atomic E-state index is 0.0331. The molecule has 0 aliphatic rings. The van der Waals surface area contributed by atoms with Crippen molar-refractivity contribution in [3.8, 4) is 5.75 Å². The lowest BCUT2D eigenvalue weighted by molar-refractivity contribution is 0.403. The van der Waals surface area contributed by atoms with Crippen LogP contribution in [0.2, 0.25) is 0 Å². The van der Waals surface area contributed by atoms with Crippen molar-refractivity contribution in [2.45, 2.75) is 33.1 Å². The number of aryl methyl sites for hydroxylation is 3. The second-order valence-corrected chi connectivity index (χ2v) is 5.90. The summed E-state index contributed by atoms with van der Waals surface area (Å²) < 4.78 is 19.0. The van der Waals surface area contributed by atoms with Crippen LogP contribution in [0, 0.1) is 26.6 Å². The first-order valence-corrected chi connectivity index (χ1v) is 7.56. The predicted octanol–water partition coefficient (Wildman–Crippen LogP) is 4.04. The van der Waals surface area contributed by atoms with Gasteiger partial charge >= 0.3 is 0 Å². The third kappa shape index (κ3) is 3.47. The molecule has 0 aromatic heterocycles. The number of ether oxygens (including phenoxy) is 1. The van der Waals surface area contributed by atoms with Gasteiger partial charge < -0.3 is 10.5 Å². The summed E-state index contributed by atoms with van der Waals surface area (Å²) in [5.41, 5.74) is 11.9. The first kappa shape index (κ1) is 16.5. The molecule has 3 heteroatoms. The summed E-state index contributed by atoms with van der Waals surface area (Å²) in [6.07, 6.45) is 0.786. The van der Waals surface area contributed by atoms with Gasteiger partial charge in [0.25, 0.3) is 0 Å². The normalized spacial score (nSPS) is 12.3. The van der Waals surface area contributed by atoms with Gasteiger partial charge in [-0.1, -0.05) is 17.7 Å². The quantitative estimate of drug-likeness (QED) is 0.904. The minimum Gasteiger partial charge on any atom is -0.496 e. The summed E-state index contributed by atoms with van der Waals surface area (Å²) >= 11 is 0. The maximum Gasteiger partial charge on any atom is 0.123 e. The Morgan fingerprint density at radius 3 is 2.27 bits per heavy atom. The van der Waals surface area contributed by atoms with Crippen molar-refractivity contribution in [2.24, 2.45) is 5.73 Å². The van der Waals surface area contributed by atoms with Crippen molar-refractivity contribution >= 4 is 0 Å². The van der Waals surface area contributed by atoms with Gasteiger partial charge in [-0.15, -0.1) is 0 Å². The molecule has 0 bridgehead atoms. The van der Waals surface area contributed by atoms with E-state index in [-0.39, 0.29) is 11.7 Å². The maximum atomic E-state index is 13.6. The molecule has 0 spiro atoms. The van der Waals surface area contributed by atoms with Crippen molar-refractivity contribution in [3.63, 3.8) is 0 Å². The summed E-state index contributed by atoms with van der Waals surface area (Å²) in [7, 11) is 1.60. The Bertz CT molecular complexity index is 643. The van der Waals surface area contributed by atoms with Crippen LogP contribution in [-0.4, -0.2) is 13.7 Å². The van der Waals surface area contributed by atoms with Crippen LogP contribution >= 0.6 is 0 Å². The van der Waals surface area contributed by atoms with Gasteiger partial charge in [-0.3, -0.25) is 0 Å². The van der Waals surface area contributed by atoms with E-state index in [1.165, 1.54) is 34.4 Å². The van der Waals surface area contributed by atoms with Crippen LogP contribution < -0.4 is 10.5 Å². The van der Waals surface area contributed by atoms with Crippen LogP contribution in [0.25, 0.3) is 0 Å². The molecule has 1 atom stereocenters. The van der Waals surface area contributed by atoms with Gasteiger partial charge in [0.05, 0.1) is 7.11 Å². The lowest BCUT2D eigenvalue weighted by Gasteiger charge is -2.21. The molecule has 0 heterocycles. The van der Waals surface area contributed by atoms with E-state index in [9.17, 15) is 4.39 Å². The fourth-order valence-corrected chi connectivity index (χ4v) is 3.12. The maximum absolute atomic E-state index is 13.6. The largest absolute Gasteiger partial charge is 0.496 e. The van der Waals surface area contributed by atoms with E-state index in [2.05, 4.69) is 32.9 Å². The summed E-state index contributed by atoms with van der Waals surface area (Å²) in [5.74, 6) is 0.469. The van der Waals surface area contributed by atoms with Gasteiger partial charge in [0, 0.05) is 11.5 Å². The number of hydrogen-bond acceptors (Lipinski definition) is 2. The Balaban J connectivity index is 2.40. The van der Waals surface area contributed by atoms with Gasteiger partial charge in [0.1, 0.15) is 11.6 Å². The summed E-state index contributed by atoms with van der Waals surface area (Å²) in [5, 5.41) is 0. The number of methoxy groups -OCH3 is 1. The molecular formula is C19H24FNO. The van der Waals surface area contributed by atoms with E-state index >= 15 is 0 Å². The van der Waals surface area contributed by atoms with Gasteiger partial charge in [-0.05, 0) is 68.6 Å². The van der Waals surface area contributed by atoms with Crippen molar-refractivity contribution in [1.29, 1.82) is 0 Å². The van der Waals surface area contributed by atoms with Crippen molar-refractivity contribution in [2.75, 3.05) is 13.7 Å². The molecule has 2 N–H and O–H groups in total. The molecule has 0 fully saturated rings. The van der Waals surface area contributed by atoms with E-state index in [1.807, 2.05) is 0 Å². The summed E-state index contributed by atoms with van der Waals surface area (Å²) in [6, 6.07) is 8.98. The monoisotopic (exact) mass is 301 g/mol. The van der Waals surface area contributed by atoms with Gasteiger partial charge in [0.2, 0.25) is 0 Å². The van der Waals surface area contributed by atoms with Crippen LogP contribution in [0.1, 0.15) is 33.7 Å². The highest BCUT2D eigenvalue weighted by atomic mass is 19.1. The molecule has 0 radical (unpaired) electrons. The Labute approximate surface area is 132 Å². The second-order valence-electron chi connectivity index (χ2n) is 5.90. The molecule has 2 aromatic rings. The topological polar surface area (TPSA) is 35.2 Å². The van der Waals surface area contributed by atoms with Crippen molar-refractivity contribution < 1.29 is 9.13 Å². The first-order valence-electron chi connectivity index (χ1n) is 7.56. The van der Waals surface area contributed by atoms with Crippen molar-refractivity contribution in [3.05, 3.63) is 64.0 Å². The molecule has 2 rings (SSSR count). The Morgan fingerprint density at radius 2 is 1.73 bits per heavy atom. The predicted molar refractivity (Wildman–Crippen MR) is 89.1 cm³/mol. The van der Waals surface area contributed by atoms with E-state index < -0.39 is 0 Å². The average molecular weight is 301 g/mol. The SMILES string of the molecule is COc1ccc(F)cc1C(CN)Cc1c(C)cc(C)cc1C. The highest BCUT2D eigenvalue weighted by molar-refractivity contribution is 5.42. The number of rotatable bonds is 5. The number of nitrogens with two attached hydrogens (primary N) is 1. The second kappa shape index (κ2) is 6.93. The van der Waals surface area contributed by atoms with E-state index in [0.29, 0.717) is 12.3 Å². The molecule has 0 saturated carbocycles. The molecule has 0 amide bonds. The Hall–Kier alpha value is -1.87. The molecule has 2 nitrogen and oxygen atoms in total. The number of benzene rings is 2.